The monoisotopic (exact) mass is 426 g/mol. The van der Waals surface area contributed by atoms with Gasteiger partial charge in [0.25, 0.3) is 0 Å². The van der Waals surface area contributed by atoms with Crippen molar-refractivity contribution in [3.63, 3.8) is 0 Å². The first-order valence-corrected chi connectivity index (χ1v) is 10.4. The van der Waals surface area contributed by atoms with Crippen LogP contribution in [0, 0.1) is 0 Å². The zero-order valence-corrected chi connectivity index (χ0v) is 17.1. The Bertz CT molecular complexity index is 985. The molecule has 1 aliphatic rings. The van der Waals surface area contributed by atoms with Gasteiger partial charge < -0.3 is 10.1 Å². The summed E-state index contributed by atoms with van der Waals surface area (Å²) >= 11 is 0. The van der Waals surface area contributed by atoms with Gasteiger partial charge in [0, 0.05) is 31.7 Å². The minimum Gasteiger partial charge on any atom is -0.489 e. The van der Waals surface area contributed by atoms with E-state index in [4.69, 9.17) is 4.74 Å². The van der Waals surface area contributed by atoms with Gasteiger partial charge in [-0.3, -0.25) is 4.90 Å². The summed E-state index contributed by atoms with van der Waals surface area (Å²) in [6.45, 7) is 3.47. The fraction of sp³-hybridized carbons (Fsp3) is 0.280. The van der Waals surface area contributed by atoms with Crippen LogP contribution in [0.1, 0.15) is 28.3 Å². The summed E-state index contributed by atoms with van der Waals surface area (Å²) in [5, 5.41) is 3.32. The van der Waals surface area contributed by atoms with Crippen molar-refractivity contribution in [2.24, 2.45) is 0 Å². The number of rotatable bonds is 6. The maximum absolute atomic E-state index is 13.4. The van der Waals surface area contributed by atoms with Crippen LogP contribution in [0.5, 0.6) is 5.75 Å². The number of hydrogen-bond acceptors (Lipinski definition) is 3. The molecule has 162 valence electrons. The first kappa shape index (κ1) is 21.4. The van der Waals surface area contributed by atoms with Crippen LogP contribution >= 0.6 is 0 Å². The quantitative estimate of drug-likeness (QED) is 0.581. The van der Waals surface area contributed by atoms with Crippen molar-refractivity contribution in [3.8, 4) is 5.75 Å². The average molecular weight is 426 g/mol. The Hall–Kier alpha value is -2.83. The van der Waals surface area contributed by atoms with Crippen molar-refractivity contribution in [2.75, 3.05) is 26.2 Å². The predicted molar refractivity (Wildman–Crippen MR) is 115 cm³/mol. The molecule has 0 spiro atoms. The third-order valence-electron chi connectivity index (χ3n) is 5.50. The molecule has 0 aromatic heterocycles. The van der Waals surface area contributed by atoms with E-state index < -0.39 is 11.7 Å². The topological polar surface area (TPSA) is 24.5 Å². The summed E-state index contributed by atoms with van der Waals surface area (Å²) in [7, 11) is 0. The number of nitrogens with one attached hydrogen (secondary N) is 1. The highest BCUT2D eigenvalue weighted by molar-refractivity contribution is 5.43. The molecular formula is C25H25F3N2O. The molecule has 1 aliphatic heterocycles. The van der Waals surface area contributed by atoms with Crippen LogP contribution in [0.25, 0.3) is 0 Å². The molecule has 1 atom stereocenters. The zero-order chi connectivity index (χ0) is 21.7. The molecule has 31 heavy (non-hydrogen) atoms. The Morgan fingerprint density at radius 2 is 1.58 bits per heavy atom. The van der Waals surface area contributed by atoms with Gasteiger partial charge in [0.1, 0.15) is 12.4 Å². The van der Waals surface area contributed by atoms with Gasteiger partial charge in [0.15, 0.2) is 0 Å². The molecular weight excluding hydrogens is 401 g/mol. The highest BCUT2D eigenvalue weighted by Crippen LogP contribution is 2.38. The Morgan fingerprint density at radius 3 is 2.32 bits per heavy atom. The summed E-state index contributed by atoms with van der Waals surface area (Å²) in [5.41, 5.74) is 1.90. The van der Waals surface area contributed by atoms with E-state index in [1.165, 1.54) is 12.1 Å². The molecule has 0 bridgehead atoms. The molecule has 0 saturated carbocycles. The van der Waals surface area contributed by atoms with E-state index in [0.29, 0.717) is 17.9 Å². The Kier molecular flexibility index (Phi) is 6.59. The summed E-state index contributed by atoms with van der Waals surface area (Å²) in [4.78, 5) is 2.22. The van der Waals surface area contributed by atoms with Gasteiger partial charge in [-0.2, -0.15) is 13.2 Å². The van der Waals surface area contributed by atoms with Gasteiger partial charge in [0.2, 0.25) is 0 Å². The van der Waals surface area contributed by atoms with Crippen molar-refractivity contribution in [3.05, 3.63) is 101 Å². The van der Waals surface area contributed by atoms with Crippen LogP contribution in [-0.4, -0.2) is 31.1 Å². The van der Waals surface area contributed by atoms with Crippen LogP contribution in [0.2, 0.25) is 0 Å². The summed E-state index contributed by atoms with van der Waals surface area (Å²) in [6, 6.07) is 22.8. The van der Waals surface area contributed by atoms with Gasteiger partial charge in [0.05, 0.1) is 11.6 Å². The third-order valence-corrected chi connectivity index (χ3v) is 5.50. The van der Waals surface area contributed by atoms with Crippen molar-refractivity contribution in [1.82, 2.24) is 10.2 Å². The van der Waals surface area contributed by atoms with E-state index in [1.807, 2.05) is 54.6 Å². The van der Waals surface area contributed by atoms with Crippen LogP contribution in [0.3, 0.4) is 0 Å². The van der Waals surface area contributed by atoms with Crippen LogP contribution < -0.4 is 10.1 Å². The molecule has 1 unspecified atom stereocenters. The van der Waals surface area contributed by atoms with Gasteiger partial charge in [-0.05, 0) is 29.3 Å². The Balaban J connectivity index is 1.71. The van der Waals surface area contributed by atoms with Gasteiger partial charge >= 0.3 is 6.18 Å². The Morgan fingerprint density at radius 1 is 0.871 bits per heavy atom. The van der Waals surface area contributed by atoms with Crippen LogP contribution in [0.4, 0.5) is 13.2 Å². The van der Waals surface area contributed by atoms with Crippen molar-refractivity contribution in [1.29, 1.82) is 0 Å². The second-order valence-corrected chi connectivity index (χ2v) is 7.62. The molecule has 3 nitrogen and oxygen atoms in total. The second-order valence-electron chi connectivity index (χ2n) is 7.62. The molecule has 0 radical (unpaired) electrons. The SMILES string of the molecule is FC(F)(F)c1cccc(C(c2ccccc2OCc2ccccc2)N2CCNCC2)c1. The van der Waals surface area contributed by atoms with E-state index in [9.17, 15) is 13.2 Å². The molecule has 3 aromatic carbocycles. The van der Waals surface area contributed by atoms with Gasteiger partial charge in [-0.15, -0.1) is 0 Å². The van der Waals surface area contributed by atoms with Gasteiger partial charge in [-0.1, -0.05) is 60.7 Å². The first-order valence-electron chi connectivity index (χ1n) is 10.4. The van der Waals surface area contributed by atoms with Crippen LogP contribution in [0.15, 0.2) is 78.9 Å². The maximum Gasteiger partial charge on any atom is 0.416 e. The fourth-order valence-corrected chi connectivity index (χ4v) is 3.99. The highest BCUT2D eigenvalue weighted by Gasteiger charge is 2.33. The minimum absolute atomic E-state index is 0.323. The molecule has 6 heteroatoms. The molecule has 1 N–H and O–H groups in total. The van der Waals surface area contributed by atoms with E-state index >= 15 is 0 Å². The maximum atomic E-state index is 13.4. The number of halogens is 3. The summed E-state index contributed by atoms with van der Waals surface area (Å²) in [6.07, 6.45) is -4.38. The van der Waals surface area contributed by atoms with Crippen molar-refractivity contribution in [2.45, 2.75) is 18.8 Å². The molecule has 1 saturated heterocycles. The number of hydrogen-bond donors (Lipinski definition) is 1. The predicted octanol–water partition coefficient (Wildman–Crippen LogP) is 5.28. The fourth-order valence-electron chi connectivity index (χ4n) is 3.99. The number of piperazine rings is 1. The minimum atomic E-state index is -4.38. The average Bonchev–Trinajstić information content (AvgIpc) is 2.80. The summed E-state index contributed by atoms with van der Waals surface area (Å²) in [5.74, 6) is 0.687. The van der Waals surface area contributed by atoms with E-state index in [-0.39, 0.29) is 6.04 Å². The lowest BCUT2D eigenvalue weighted by Crippen LogP contribution is -2.45. The molecule has 4 rings (SSSR count). The largest absolute Gasteiger partial charge is 0.489 e. The first-order chi connectivity index (χ1) is 15.0. The second kappa shape index (κ2) is 9.54. The van der Waals surface area contributed by atoms with E-state index in [0.717, 1.165) is 43.4 Å². The number of ether oxygens (including phenoxy) is 1. The van der Waals surface area contributed by atoms with Crippen molar-refractivity contribution < 1.29 is 17.9 Å². The van der Waals surface area contributed by atoms with Crippen molar-refractivity contribution >= 4 is 0 Å². The zero-order valence-electron chi connectivity index (χ0n) is 17.1. The number of para-hydroxylation sites is 1. The normalized spacial score (nSPS) is 16.1. The highest BCUT2D eigenvalue weighted by atomic mass is 19.4. The van der Waals surface area contributed by atoms with E-state index in [2.05, 4.69) is 10.2 Å². The molecule has 0 aliphatic carbocycles. The molecule has 1 heterocycles. The van der Waals surface area contributed by atoms with E-state index in [1.54, 1.807) is 6.07 Å². The Labute approximate surface area is 180 Å². The molecule has 1 fully saturated rings. The molecule has 3 aromatic rings. The number of benzene rings is 3. The summed E-state index contributed by atoms with van der Waals surface area (Å²) < 4.78 is 46.4. The molecule has 0 amide bonds. The number of alkyl halides is 3. The van der Waals surface area contributed by atoms with Crippen LogP contribution in [-0.2, 0) is 12.8 Å². The lowest BCUT2D eigenvalue weighted by Gasteiger charge is -2.36. The lowest BCUT2D eigenvalue weighted by atomic mass is 9.94. The standard InChI is InChI=1S/C25H25F3N2O/c26-25(27,28)21-10-6-9-20(17-21)24(30-15-13-29-14-16-30)22-11-4-5-12-23(22)31-18-19-7-2-1-3-8-19/h1-12,17,24,29H,13-16,18H2. The van der Waals surface area contributed by atoms with Gasteiger partial charge in [-0.25, -0.2) is 0 Å². The lowest BCUT2D eigenvalue weighted by molar-refractivity contribution is -0.137. The number of nitrogens with zero attached hydrogens (tertiary/aromatic N) is 1. The third kappa shape index (κ3) is 5.27. The smallest absolute Gasteiger partial charge is 0.416 e.